The van der Waals surface area contributed by atoms with Gasteiger partial charge in [-0.05, 0) is 17.0 Å². The molecule has 0 fully saturated rings. The van der Waals surface area contributed by atoms with E-state index in [9.17, 15) is 5.21 Å². The summed E-state index contributed by atoms with van der Waals surface area (Å²) < 4.78 is -0.472. The van der Waals surface area contributed by atoms with Crippen LogP contribution in [0.1, 0.15) is 33.3 Å². The number of hydrogen-bond donors (Lipinski definition) is 0. The van der Waals surface area contributed by atoms with E-state index in [1.165, 1.54) is 5.56 Å². The minimum absolute atomic E-state index is 0.0906. The number of quaternary nitrogens is 1. The molecular weight excluding hydrogens is 200 g/mol. The molecule has 1 aromatic rings. The molecule has 16 heavy (non-hydrogen) atoms. The van der Waals surface area contributed by atoms with Gasteiger partial charge in [0.25, 0.3) is 0 Å². The molecule has 1 atom stereocenters. The summed E-state index contributed by atoms with van der Waals surface area (Å²) in [7, 11) is 1.63. The van der Waals surface area contributed by atoms with Crippen molar-refractivity contribution in [3.8, 4) is 0 Å². The number of amidine groups is 1. The lowest BCUT2D eigenvalue weighted by molar-refractivity contribution is 0.589. The van der Waals surface area contributed by atoms with Crippen LogP contribution in [0.25, 0.3) is 0 Å². The molecular formula is C13H18N2O. The van der Waals surface area contributed by atoms with Gasteiger partial charge in [0.15, 0.2) is 5.69 Å². The Morgan fingerprint density at radius 3 is 2.44 bits per heavy atom. The Balaban J connectivity index is 2.56. The lowest BCUT2D eigenvalue weighted by atomic mass is 9.86. The predicted octanol–water partition coefficient (Wildman–Crippen LogP) is 3.48. The highest BCUT2D eigenvalue weighted by atomic mass is 16.5. The van der Waals surface area contributed by atoms with Gasteiger partial charge in [-0.25, -0.2) is 0 Å². The molecule has 0 N–H and O–H groups in total. The van der Waals surface area contributed by atoms with Gasteiger partial charge in [-0.1, -0.05) is 26.8 Å². The van der Waals surface area contributed by atoms with Crippen LogP contribution < -0.4 is 4.65 Å². The lowest BCUT2D eigenvalue weighted by Gasteiger charge is -2.33. The van der Waals surface area contributed by atoms with Crippen molar-refractivity contribution in [3.05, 3.63) is 29.0 Å². The van der Waals surface area contributed by atoms with Crippen LogP contribution in [0.2, 0.25) is 0 Å². The number of benzene rings is 1. The molecule has 86 valence electrons. The molecule has 3 nitrogen and oxygen atoms in total. The second kappa shape index (κ2) is 3.15. The quantitative estimate of drug-likeness (QED) is 0.485. The van der Waals surface area contributed by atoms with E-state index in [-0.39, 0.29) is 5.41 Å². The summed E-state index contributed by atoms with van der Waals surface area (Å²) in [6.45, 7) is 8.26. The topological polar surface area (TPSA) is 35.4 Å². The third kappa shape index (κ3) is 1.56. The van der Waals surface area contributed by atoms with E-state index in [0.29, 0.717) is 5.84 Å². The third-order valence-corrected chi connectivity index (χ3v) is 3.20. The van der Waals surface area contributed by atoms with E-state index in [1.807, 2.05) is 18.2 Å². The van der Waals surface area contributed by atoms with E-state index < -0.39 is 4.65 Å². The number of fused-ring (bicyclic) bond motifs is 1. The van der Waals surface area contributed by atoms with Gasteiger partial charge < -0.3 is 5.21 Å². The Hall–Kier alpha value is -1.19. The van der Waals surface area contributed by atoms with Crippen molar-refractivity contribution in [2.75, 3.05) is 7.05 Å². The Kier molecular flexibility index (Phi) is 2.23. The van der Waals surface area contributed by atoms with Crippen LogP contribution in [0, 0.1) is 5.21 Å². The fraction of sp³-hybridized carbons (Fsp3) is 0.462. The number of nitrogens with zero attached hydrogens (tertiary/aromatic N) is 2. The van der Waals surface area contributed by atoms with Crippen molar-refractivity contribution in [1.29, 1.82) is 0 Å². The summed E-state index contributed by atoms with van der Waals surface area (Å²) >= 11 is 0. The summed E-state index contributed by atoms with van der Waals surface area (Å²) in [6, 6.07) is 5.96. The summed E-state index contributed by atoms with van der Waals surface area (Å²) in [4.78, 5) is 4.36. The van der Waals surface area contributed by atoms with Crippen molar-refractivity contribution >= 4 is 17.2 Å². The molecule has 3 heteroatoms. The summed E-state index contributed by atoms with van der Waals surface area (Å²) in [6.07, 6.45) is 0. The van der Waals surface area contributed by atoms with Crippen LogP contribution in [0.4, 0.5) is 11.4 Å². The second-order valence-electron chi connectivity index (χ2n) is 5.54. The lowest BCUT2D eigenvalue weighted by Crippen LogP contribution is -2.40. The van der Waals surface area contributed by atoms with Crippen LogP contribution in [0.3, 0.4) is 0 Å². The number of aliphatic imine (C=N–C) groups is 1. The van der Waals surface area contributed by atoms with Crippen LogP contribution in [-0.2, 0) is 5.41 Å². The van der Waals surface area contributed by atoms with E-state index in [4.69, 9.17) is 0 Å². The third-order valence-electron chi connectivity index (χ3n) is 3.20. The van der Waals surface area contributed by atoms with Gasteiger partial charge in [-0.2, -0.15) is 4.99 Å². The molecule has 0 amide bonds. The van der Waals surface area contributed by atoms with Gasteiger partial charge in [0.1, 0.15) is 5.69 Å². The highest BCUT2D eigenvalue weighted by molar-refractivity contribution is 6.01. The summed E-state index contributed by atoms with van der Waals surface area (Å²) in [5, 5.41) is 12.2. The molecule has 0 aromatic heterocycles. The predicted molar refractivity (Wildman–Crippen MR) is 69.0 cm³/mol. The monoisotopic (exact) mass is 218 g/mol. The molecule has 0 saturated carbocycles. The first-order valence-electron chi connectivity index (χ1n) is 5.51. The van der Waals surface area contributed by atoms with Gasteiger partial charge in [-0.15, -0.1) is 0 Å². The van der Waals surface area contributed by atoms with Crippen molar-refractivity contribution < 1.29 is 0 Å². The smallest absolute Gasteiger partial charge is 0.205 e. The summed E-state index contributed by atoms with van der Waals surface area (Å²) in [5.41, 5.74) is 2.87. The van der Waals surface area contributed by atoms with Crippen LogP contribution in [-0.4, -0.2) is 12.9 Å². The number of rotatable bonds is 0. The molecule has 0 radical (unpaired) electrons. The standard InChI is InChI=1S/C13H18N2O/c1-9-14-11-8-10(13(2,3)4)6-7-12(11)15(9,5)16/h6-8H,1-5H3. The Morgan fingerprint density at radius 2 is 1.88 bits per heavy atom. The minimum Gasteiger partial charge on any atom is -0.621 e. The average Bonchev–Trinajstić information content (AvgIpc) is 2.36. The molecule has 1 aliphatic heterocycles. The molecule has 0 bridgehead atoms. The van der Waals surface area contributed by atoms with Crippen LogP contribution in [0.15, 0.2) is 23.2 Å². The SMILES string of the molecule is CC1=Nc2cc(C(C)(C)C)ccc2[N+]1(C)[O-]. The molecule has 1 aromatic carbocycles. The maximum absolute atomic E-state index is 12.2. The van der Waals surface area contributed by atoms with Crippen molar-refractivity contribution in [3.63, 3.8) is 0 Å². The number of hydrogen-bond acceptors (Lipinski definition) is 2. The van der Waals surface area contributed by atoms with Gasteiger partial charge >= 0.3 is 0 Å². The zero-order valence-electron chi connectivity index (χ0n) is 10.5. The largest absolute Gasteiger partial charge is 0.621 e. The zero-order chi connectivity index (χ0) is 12.1. The molecule has 1 heterocycles. The normalized spacial score (nSPS) is 24.2. The first-order valence-corrected chi connectivity index (χ1v) is 5.51. The van der Waals surface area contributed by atoms with Gasteiger partial charge in [0, 0.05) is 13.0 Å². The molecule has 0 saturated heterocycles. The minimum atomic E-state index is -0.472. The van der Waals surface area contributed by atoms with Crippen LogP contribution >= 0.6 is 0 Å². The van der Waals surface area contributed by atoms with Gasteiger partial charge in [0.2, 0.25) is 5.84 Å². The molecule has 0 spiro atoms. The van der Waals surface area contributed by atoms with E-state index in [1.54, 1.807) is 14.0 Å². The molecule has 0 aliphatic carbocycles. The average molecular weight is 218 g/mol. The first-order chi connectivity index (χ1) is 7.23. The summed E-state index contributed by atoms with van der Waals surface area (Å²) in [5.74, 6) is 0.598. The van der Waals surface area contributed by atoms with Crippen LogP contribution in [0.5, 0.6) is 0 Å². The van der Waals surface area contributed by atoms with Crippen molar-refractivity contribution in [2.45, 2.75) is 33.1 Å². The van der Waals surface area contributed by atoms with E-state index in [2.05, 4.69) is 25.8 Å². The second-order valence-corrected chi connectivity index (χ2v) is 5.54. The molecule has 2 rings (SSSR count). The fourth-order valence-electron chi connectivity index (χ4n) is 1.88. The Morgan fingerprint density at radius 1 is 1.25 bits per heavy atom. The maximum atomic E-state index is 12.2. The number of hydroxylamine groups is 2. The van der Waals surface area contributed by atoms with Gasteiger partial charge in [-0.3, -0.25) is 4.65 Å². The molecule has 1 aliphatic rings. The Bertz CT molecular complexity index is 467. The first kappa shape index (κ1) is 11.3. The zero-order valence-corrected chi connectivity index (χ0v) is 10.5. The van der Waals surface area contributed by atoms with E-state index >= 15 is 0 Å². The van der Waals surface area contributed by atoms with E-state index in [0.717, 1.165) is 11.4 Å². The highest BCUT2D eigenvalue weighted by Crippen LogP contribution is 2.41. The molecule has 1 unspecified atom stereocenters. The van der Waals surface area contributed by atoms with Crippen molar-refractivity contribution in [2.24, 2.45) is 4.99 Å². The fourth-order valence-corrected chi connectivity index (χ4v) is 1.88. The Labute approximate surface area is 96.6 Å². The highest BCUT2D eigenvalue weighted by Gasteiger charge is 2.30. The maximum Gasteiger partial charge on any atom is 0.205 e. The van der Waals surface area contributed by atoms with Crippen molar-refractivity contribution in [1.82, 2.24) is 4.65 Å². The van der Waals surface area contributed by atoms with Gasteiger partial charge in [0.05, 0.1) is 7.05 Å².